The van der Waals surface area contributed by atoms with Crippen molar-refractivity contribution in [3.8, 4) is 0 Å². The van der Waals surface area contributed by atoms with E-state index in [-0.39, 0.29) is 0 Å². The van der Waals surface area contributed by atoms with E-state index >= 15 is 0 Å². The summed E-state index contributed by atoms with van der Waals surface area (Å²) >= 11 is 0. The summed E-state index contributed by atoms with van der Waals surface area (Å²) in [6.07, 6.45) is 4.08. The minimum Gasteiger partial charge on any atom is -0.480 e. The highest BCUT2D eigenvalue weighted by molar-refractivity contribution is 6.04. The highest BCUT2D eigenvalue weighted by atomic mass is 16.4. The molecule has 0 aromatic carbocycles. The number of carbonyl (C=O) groups excluding carboxylic acids is 1. The largest absolute Gasteiger partial charge is 0.480 e. The third-order valence-corrected chi connectivity index (χ3v) is 2.69. The second kappa shape index (κ2) is 3.92. The van der Waals surface area contributed by atoms with Crippen LogP contribution in [0, 0.1) is 5.41 Å². The van der Waals surface area contributed by atoms with Crippen LogP contribution in [-0.2, 0) is 16.1 Å². The Hall–Kier alpha value is -1.92. The normalized spacial score (nSPS) is 16.8. The number of carboxylic acid groups (broad SMARTS) is 1. The molecule has 2 N–H and O–H groups in total. The molecule has 0 aliphatic heterocycles. The predicted octanol–water partition coefficient (Wildman–Crippen LogP) is -0.741. The fourth-order valence-corrected chi connectivity index (χ4v) is 1.47. The SMILES string of the molecule is O=C(O)C1(C(=O)NCCn2ccnn2)CC1. The van der Waals surface area contributed by atoms with Crippen molar-refractivity contribution in [2.45, 2.75) is 19.4 Å². The Balaban J connectivity index is 1.79. The molecular weight excluding hydrogens is 212 g/mol. The molecule has 1 aromatic heterocycles. The zero-order valence-electron chi connectivity index (χ0n) is 8.59. The van der Waals surface area contributed by atoms with E-state index in [4.69, 9.17) is 5.11 Å². The second-order valence-corrected chi connectivity index (χ2v) is 3.81. The minimum atomic E-state index is -1.16. The average molecular weight is 224 g/mol. The molecule has 1 saturated carbocycles. The lowest BCUT2D eigenvalue weighted by atomic mass is 10.1. The molecule has 2 rings (SSSR count). The zero-order chi connectivity index (χ0) is 11.6. The van der Waals surface area contributed by atoms with Crippen LogP contribution in [0.5, 0.6) is 0 Å². The zero-order valence-corrected chi connectivity index (χ0v) is 8.59. The molecule has 0 bridgehead atoms. The van der Waals surface area contributed by atoms with Crippen molar-refractivity contribution in [2.24, 2.45) is 5.41 Å². The van der Waals surface area contributed by atoms with Gasteiger partial charge in [0, 0.05) is 12.7 Å². The van der Waals surface area contributed by atoms with Gasteiger partial charge in [-0.25, -0.2) is 0 Å². The summed E-state index contributed by atoms with van der Waals surface area (Å²) in [5.41, 5.74) is -1.16. The molecule has 0 saturated heterocycles. The van der Waals surface area contributed by atoms with Crippen LogP contribution in [0.1, 0.15) is 12.8 Å². The van der Waals surface area contributed by atoms with Crippen molar-refractivity contribution < 1.29 is 14.7 Å². The van der Waals surface area contributed by atoms with Crippen molar-refractivity contribution in [1.82, 2.24) is 20.3 Å². The lowest BCUT2D eigenvalue weighted by molar-refractivity contribution is -0.149. The van der Waals surface area contributed by atoms with E-state index in [0.717, 1.165) is 0 Å². The highest BCUT2D eigenvalue weighted by Crippen LogP contribution is 2.45. The third-order valence-electron chi connectivity index (χ3n) is 2.69. The fraction of sp³-hybridized carbons (Fsp3) is 0.556. The summed E-state index contributed by atoms with van der Waals surface area (Å²) < 4.78 is 1.57. The first kappa shape index (κ1) is 10.6. The van der Waals surface area contributed by atoms with Gasteiger partial charge in [0.1, 0.15) is 5.41 Å². The molecule has 0 spiro atoms. The van der Waals surface area contributed by atoms with E-state index in [2.05, 4.69) is 15.6 Å². The first-order valence-corrected chi connectivity index (χ1v) is 5.01. The molecule has 1 heterocycles. The van der Waals surface area contributed by atoms with Gasteiger partial charge in [-0.15, -0.1) is 5.10 Å². The summed E-state index contributed by atoms with van der Waals surface area (Å²) in [6, 6.07) is 0. The number of hydrogen-bond donors (Lipinski definition) is 2. The Kier molecular flexibility index (Phi) is 2.59. The number of nitrogens with one attached hydrogen (secondary N) is 1. The maximum Gasteiger partial charge on any atom is 0.319 e. The van der Waals surface area contributed by atoms with Gasteiger partial charge < -0.3 is 10.4 Å². The Morgan fingerprint density at radius 2 is 2.25 bits per heavy atom. The molecule has 0 unspecified atom stereocenters. The lowest BCUT2D eigenvalue weighted by Crippen LogP contribution is -2.38. The molecule has 0 radical (unpaired) electrons. The number of carbonyl (C=O) groups is 2. The van der Waals surface area contributed by atoms with E-state index in [1.54, 1.807) is 17.1 Å². The van der Waals surface area contributed by atoms with Crippen LogP contribution in [0.3, 0.4) is 0 Å². The van der Waals surface area contributed by atoms with Crippen LogP contribution in [0.4, 0.5) is 0 Å². The Morgan fingerprint density at radius 1 is 1.50 bits per heavy atom. The van der Waals surface area contributed by atoms with Gasteiger partial charge in [-0.3, -0.25) is 14.3 Å². The van der Waals surface area contributed by atoms with E-state index < -0.39 is 17.3 Å². The van der Waals surface area contributed by atoms with E-state index in [1.807, 2.05) is 0 Å². The number of amides is 1. The maximum atomic E-state index is 11.6. The monoisotopic (exact) mass is 224 g/mol. The standard InChI is InChI=1S/C9H12N4O3/c14-7(9(1-2-9)8(15)16)10-3-5-13-6-4-11-12-13/h4,6H,1-3,5H2,(H,10,14)(H,15,16). The summed E-state index contributed by atoms with van der Waals surface area (Å²) in [5.74, 6) is -1.44. The summed E-state index contributed by atoms with van der Waals surface area (Å²) in [7, 11) is 0. The minimum absolute atomic E-state index is 0.358. The first-order valence-electron chi connectivity index (χ1n) is 5.01. The van der Waals surface area contributed by atoms with E-state index in [0.29, 0.717) is 25.9 Å². The number of carboxylic acids is 1. The predicted molar refractivity (Wildman–Crippen MR) is 52.3 cm³/mol. The number of aromatic nitrogens is 3. The smallest absolute Gasteiger partial charge is 0.319 e. The van der Waals surface area contributed by atoms with Gasteiger partial charge in [0.2, 0.25) is 5.91 Å². The molecule has 7 heteroatoms. The molecule has 0 atom stereocenters. The van der Waals surface area contributed by atoms with Crippen molar-refractivity contribution in [1.29, 1.82) is 0 Å². The van der Waals surface area contributed by atoms with Crippen molar-refractivity contribution >= 4 is 11.9 Å². The Bertz CT molecular complexity index is 397. The van der Waals surface area contributed by atoms with Crippen LogP contribution in [-0.4, -0.2) is 38.5 Å². The van der Waals surface area contributed by atoms with Gasteiger partial charge in [-0.1, -0.05) is 5.21 Å². The second-order valence-electron chi connectivity index (χ2n) is 3.81. The summed E-state index contributed by atoms with van der Waals surface area (Å²) in [4.78, 5) is 22.4. The molecule has 86 valence electrons. The molecule has 1 fully saturated rings. The Labute approximate surface area is 91.4 Å². The van der Waals surface area contributed by atoms with E-state index in [1.165, 1.54) is 0 Å². The third kappa shape index (κ3) is 1.88. The molecule has 1 aliphatic carbocycles. The molecule has 16 heavy (non-hydrogen) atoms. The number of aliphatic carboxylic acids is 1. The van der Waals surface area contributed by atoms with Crippen LogP contribution < -0.4 is 5.32 Å². The van der Waals surface area contributed by atoms with Crippen LogP contribution >= 0.6 is 0 Å². The Morgan fingerprint density at radius 3 is 2.75 bits per heavy atom. The quantitative estimate of drug-likeness (QED) is 0.642. The summed E-state index contributed by atoms with van der Waals surface area (Å²) in [5, 5.41) is 18.8. The molecule has 1 amide bonds. The van der Waals surface area contributed by atoms with Gasteiger partial charge >= 0.3 is 5.97 Å². The van der Waals surface area contributed by atoms with Gasteiger partial charge in [0.25, 0.3) is 0 Å². The van der Waals surface area contributed by atoms with Crippen molar-refractivity contribution in [3.63, 3.8) is 0 Å². The number of nitrogens with zero attached hydrogens (tertiary/aromatic N) is 3. The number of hydrogen-bond acceptors (Lipinski definition) is 4. The first-order chi connectivity index (χ1) is 7.65. The molecular formula is C9H12N4O3. The molecule has 1 aromatic rings. The van der Waals surface area contributed by atoms with Gasteiger partial charge in [0.05, 0.1) is 12.7 Å². The van der Waals surface area contributed by atoms with Crippen molar-refractivity contribution in [3.05, 3.63) is 12.4 Å². The summed E-state index contributed by atoms with van der Waals surface area (Å²) in [6.45, 7) is 0.846. The van der Waals surface area contributed by atoms with Gasteiger partial charge in [0.15, 0.2) is 0 Å². The maximum absolute atomic E-state index is 11.6. The highest BCUT2D eigenvalue weighted by Gasteiger charge is 2.56. The average Bonchev–Trinajstić information content (AvgIpc) is 2.92. The fourth-order valence-electron chi connectivity index (χ4n) is 1.47. The van der Waals surface area contributed by atoms with Crippen molar-refractivity contribution in [2.75, 3.05) is 6.54 Å². The van der Waals surface area contributed by atoms with Gasteiger partial charge in [-0.05, 0) is 12.8 Å². The van der Waals surface area contributed by atoms with Crippen LogP contribution in [0.15, 0.2) is 12.4 Å². The topological polar surface area (TPSA) is 97.1 Å². The van der Waals surface area contributed by atoms with E-state index in [9.17, 15) is 9.59 Å². The number of rotatable bonds is 5. The molecule has 1 aliphatic rings. The van der Waals surface area contributed by atoms with Gasteiger partial charge in [-0.2, -0.15) is 0 Å². The lowest BCUT2D eigenvalue weighted by Gasteiger charge is -2.10. The molecule has 7 nitrogen and oxygen atoms in total. The van der Waals surface area contributed by atoms with Crippen LogP contribution in [0.2, 0.25) is 0 Å². The van der Waals surface area contributed by atoms with Crippen LogP contribution in [0.25, 0.3) is 0 Å².